The first kappa shape index (κ1) is 19.9. The predicted octanol–water partition coefficient (Wildman–Crippen LogP) is 2.26. The fourth-order valence-corrected chi connectivity index (χ4v) is 4.02. The molecule has 6 nitrogen and oxygen atoms in total. The molecule has 1 aromatic carbocycles. The SMILES string of the molecule is Cl.O=C(NCC1CCCCN1Cc1ccccc1)c1n[nH]c2c1CNCC2. The van der Waals surface area contributed by atoms with Crippen molar-refractivity contribution in [2.24, 2.45) is 0 Å². The molecule has 0 radical (unpaired) electrons. The van der Waals surface area contributed by atoms with Crippen molar-refractivity contribution in [3.05, 3.63) is 52.8 Å². The van der Waals surface area contributed by atoms with Crippen LogP contribution in [-0.4, -0.2) is 46.7 Å². The number of nitrogens with zero attached hydrogens (tertiary/aromatic N) is 2. The smallest absolute Gasteiger partial charge is 0.272 e. The molecule has 2 aliphatic heterocycles. The fraction of sp³-hybridized carbons (Fsp3) is 0.500. The second kappa shape index (κ2) is 9.35. The van der Waals surface area contributed by atoms with Crippen LogP contribution in [0.5, 0.6) is 0 Å². The lowest BCUT2D eigenvalue weighted by molar-refractivity contribution is 0.0901. The second-order valence-corrected chi connectivity index (χ2v) is 7.27. The molecular weight excluding hydrogens is 362 g/mol. The van der Waals surface area contributed by atoms with Crippen molar-refractivity contribution in [1.82, 2.24) is 25.7 Å². The van der Waals surface area contributed by atoms with E-state index < -0.39 is 0 Å². The third-order valence-corrected chi connectivity index (χ3v) is 5.50. The summed E-state index contributed by atoms with van der Waals surface area (Å²) in [6.07, 6.45) is 4.50. The number of amides is 1. The van der Waals surface area contributed by atoms with Crippen molar-refractivity contribution in [1.29, 1.82) is 0 Å². The third kappa shape index (κ3) is 4.69. The number of likely N-dealkylation sites (tertiary alicyclic amines) is 1. The third-order valence-electron chi connectivity index (χ3n) is 5.50. The fourth-order valence-electron chi connectivity index (χ4n) is 4.02. The number of fused-ring (bicyclic) bond motifs is 1. The van der Waals surface area contributed by atoms with E-state index in [4.69, 9.17) is 0 Å². The Bertz CT molecular complexity index is 748. The number of piperidine rings is 1. The van der Waals surface area contributed by atoms with Gasteiger partial charge in [-0.05, 0) is 24.9 Å². The highest BCUT2D eigenvalue weighted by molar-refractivity contribution is 5.94. The Kier molecular flexibility index (Phi) is 6.88. The van der Waals surface area contributed by atoms with E-state index in [2.05, 4.69) is 56.1 Å². The maximum Gasteiger partial charge on any atom is 0.272 e. The average molecular weight is 390 g/mol. The minimum atomic E-state index is -0.0589. The normalized spacial score (nSPS) is 19.8. The molecule has 1 fully saturated rings. The first-order valence-corrected chi connectivity index (χ1v) is 9.64. The molecule has 3 heterocycles. The van der Waals surface area contributed by atoms with E-state index in [9.17, 15) is 4.79 Å². The number of benzene rings is 1. The monoisotopic (exact) mass is 389 g/mol. The summed E-state index contributed by atoms with van der Waals surface area (Å²) < 4.78 is 0. The minimum Gasteiger partial charge on any atom is -0.349 e. The average Bonchev–Trinajstić information content (AvgIpc) is 3.12. The molecule has 2 aromatic rings. The molecule has 1 saturated heterocycles. The van der Waals surface area contributed by atoms with Gasteiger partial charge in [-0.15, -0.1) is 12.4 Å². The zero-order chi connectivity index (χ0) is 17.8. The van der Waals surface area contributed by atoms with E-state index in [1.807, 2.05) is 0 Å². The van der Waals surface area contributed by atoms with Crippen molar-refractivity contribution in [2.45, 2.75) is 44.8 Å². The van der Waals surface area contributed by atoms with Crippen molar-refractivity contribution >= 4 is 18.3 Å². The summed E-state index contributed by atoms with van der Waals surface area (Å²) >= 11 is 0. The van der Waals surface area contributed by atoms with Crippen molar-refractivity contribution in [3.8, 4) is 0 Å². The molecule has 0 saturated carbocycles. The number of carbonyl (C=O) groups excluding carboxylic acids is 1. The Balaban J connectivity index is 0.00000210. The number of aromatic amines is 1. The number of carbonyl (C=O) groups is 1. The molecule has 27 heavy (non-hydrogen) atoms. The van der Waals surface area contributed by atoms with Gasteiger partial charge in [-0.1, -0.05) is 36.8 Å². The molecule has 0 bridgehead atoms. The van der Waals surface area contributed by atoms with Crippen molar-refractivity contribution in [3.63, 3.8) is 0 Å². The van der Waals surface area contributed by atoms with Gasteiger partial charge >= 0.3 is 0 Å². The van der Waals surface area contributed by atoms with Crippen LogP contribution in [0.4, 0.5) is 0 Å². The number of H-pyrrole nitrogens is 1. The second-order valence-electron chi connectivity index (χ2n) is 7.27. The Labute approximate surface area is 166 Å². The van der Waals surface area contributed by atoms with Gasteiger partial charge in [0.05, 0.1) is 0 Å². The molecule has 4 rings (SSSR count). The number of rotatable bonds is 5. The van der Waals surface area contributed by atoms with Crippen molar-refractivity contribution in [2.75, 3.05) is 19.6 Å². The summed E-state index contributed by atoms with van der Waals surface area (Å²) in [6.45, 7) is 4.38. The van der Waals surface area contributed by atoms with Gasteiger partial charge in [0, 0.05) is 49.9 Å². The lowest BCUT2D eigenvalue weighted by Crippen LogP contribution is -2.46. The lowest BCUT2D eigenvalue weighted by Gasteiger charge is -2.35. The number of halogens is 1. The Morgan fingerprint density at radius 3 is 2.96 bits per heavy atom. The number of hydrogen-bond acceptors (Lipinski definition) is 4. The molecule has 1 unspecified atom stereocenters. The predicted molar refractivity (Wildman–Crippen MR) is 108 cm³/mol. The van der Waals surface area contributed by atoms with Crippen LogP contribution in [0, 0.1) is 0 Å². The Morgan fingerprint density at radius 2 is 2.11 bits per heavy atom. The van der Waals surface area contributed by atoms with Gasteiger partial charge in [-0.25, -0.2) is 0 Å². The summed E-state index contributed by atoms with van der Waals surface area (Å²) in [5.74, 6) is -0.0589. The van der Waals surface area contributed by atoms with Crippen LogP contribution in [0.15, 0.2) is 30.3 Å². The van der Waals surface area contributed by atoms with E-state index in [0.717, 1.165) is 50.3 Å². The van der Waals surface area contributed by atoms with Gasteiger partial charge in [0.15, 0.2) is 5.69 Å². The van der Waals surface area contributed by atoms with Gasteiger partial charge in [-0.3, -0.25) is 14.8 Å². The standard InChI is InChI=1S/C20H27N5O.ClH/c26-20(19-17-13-21-10-9-18(17)23-24-19)22-12-16-8-4-5-11-25(16)14-15-6-2-1-3-7-15;/h1-3,6-7,16,21H,4-5,8-14H2,(H,22,26)(H,23,24);1H. The first-order chi connectivity index (χ1) is 12.8. The largest absolute Gasteiger partial charge is 0.349 e. The number of hydrogen-bond donors (Lipinski definition) is 3. The topological polar surface area (TPSA) is 73.0 Å². The van der Waals surface area contributed by atoms with Crippen LogP contribution in [0.2, 0.25) is 0 Å². The molecule has 1 amide bonds. The minimum absolute atomic E-state index is 0. The van der Waals surface area contributed by atoms with Crippen LogP contribution in [0.1, 0.15) is 46.6 Å². The van der Waals surface area contributed by atoms with Gasteiger partial charge in [-0.2, -0.15) is 5.10 Å². The molecule has 1 aromatic heterocycles. The highest BCUT2D eigenvalue weighted by Crippen LogP contribution is 2.20. The summed E-state index contributed by atoms with van der Waals surface area (Å²) in [5.41, 5.74) is 4.01. The molecule has 7 heteroatoms. The van der Waals surface area contributed by atoms with E-state index in [0.29, 0.717) is 18.3 Å². The van der Waals surface area contributed by atoms with E-state index >= 15 is 0 Å². The van der Waals surface area contributed by atoms with Gasteiger partial charge in [0.1, 0.15) is 0 Å². The number of nitrogens with one attached hydrogen (secondary N) is 3. The van der Waals surface area contributed by atoms with Gasteiger partial charge in [0.2, 0.25) is 0 Å². The molecule has 1 atom stereocenters. The molecular formula is C20H28ClN5O. The highest BCUT2D eigenvalue weighted by Gasteiger charge is 2.25. The summed E-state index contributed by atoms with van der Waals surface area (Å²) in [4.78, 5) is 15.1. The lowest BCUT2D eigenvalue weighted by atomic mass is 10.0. The first-order valence-electron chi connectivity index (χ1n) is 9.64. The zero-order valence-corrected chi connectivity index (χ0v) is 16.4. The van der Waals surface area contributed by atoms with E-state index in [1.165, 1.54) is 18.4 Å². The summed E-state index contributed by atoms with van der Waals surface area (Å²) in [5, 5.41) is 13.7. The Morgan fingerprint density at radius 1 is 1.26 bits per heavy atom. The Hall–Kier alpha value is -1.89. The summed E-state index contributed by atoms with van der Waals surface area (Å²) in [7, 11) is 0. The molecule has 0 spiro atoms. The quantitative estimate of drug-likeness (QED) is 0.733. The van der Waals surface area contributed by atoms with E-state index in [1.54, 1.807) is 0 Å². The zero-order valence-electron chi connectivity index (χ0n) is 15.5. The van der Waals surface area contributed by atoms with Crippen LogP contribution in [0.3, 0.4) is 0 Å². The van der Waals surface area contributed by atoms with Crippen LogP contribution in [-0.2, 0) is 19.5 Å². The van der Waals surface area contributed by atoms with Crippen LogP contribution < -0.4 is 10.6 Å². The molecule has 146 valence electrons. The maximum atomic E-state index is 12.6. The molecule has 3 N–H and O–H groups in total. The molecule has 2 aliphatic rings. The highest BCUT2D eigenvalue weighted by atomic mass is 35.5. The van der Waals surface area contributed by atoms with Gasteiger partial charge in [0.25, 0.3) is 5.91 Å². The molecule has 0 aliphatic carbocycles. The number of aromatic nitrogens is 2. The van der Waals surface area contributed by atoms with Gasteiger partial charge < -0.3 is 10.6 Å². The van der Waals surface area contributed by atoms with E-state index in [-0.39, 0.29) is 18.3 Å². The maximum absolute atomic E-state index is 12.6. The van der Waals surface area contributed by atoms with Crippen LogP contribution in [0.25, 0.3) is 0 Å². The van der Waals surface area contributed by atoms with Crippen molar-refractivity contribution < 1.29 is 4.79 Å². The van der Waals surface area contributed by atoms with Crippen LogP contribution >= 0.6 is 12.4 Å². The summed E-state index contributed by atoms with van der Waals surface area (Å²) in [6, 6.07) is 11.0.